The van der Waals surface area contributed by atoms with Gasteiger partial charge in [-0.15, -0.1) is 0 Å². The summed E-state index contributed by atoms with van der Waals surface area (Å²) in [5, 5.41) is 7.99. The van der Waals surface area contributed by atoms with Gasteiger partial charge >= 0.3 is 0 Å². The maximum Gasteiger partial charge on any atom is 0.137 e. The number of benzene rings is 1. The van der Waals surface area contributed by atoms with E-state index in [0.29, 0.717) is 6.04 Å². The Balaban J connectivity index is 1.32. The summed E-state index contributed by atoms with van der Waals surface area (Å²) in [4.78, 5) is 6.70. The third kappa shape index (κ3) is 3.68. The Labute approximate surface area is 144 Å². The van der Waals surface area contributed by atoms with Crippen LogP contribution >= 0.6 is 0 Å². The van der Waals surface area contributed by atoms with Gasteiger partial charge in [-0.25, -0.2) is 9.67 Å². The van der Waals surface area contributed by atoms with Crippen molar-refractivity contribution in [3.05, 3.63) is 48.0 Å². The van der Waals surface area contributed by atoms with E-state index in [1.807, 2.05) is 4.68 Å². The maximum absolute atomic E-state index is 4.16. The van der Waals surface area contributed by atoms with E-state index in [2.05, 4.69) is 44.6 Å². The molecular formula is C19H27N5. The van der Waals surface area contributed by atoms with E-state index in [9.17, 15) is 0 Å². The Kier molecular flexibility index (Phi) is 4.90. The first-order valence-corrected chi connectivity index (χ1v) is 9.26. The zero-order valence-corrected chi connectivity index (χ0v) is 14.3. The molecule has 0 radical (unpaired) electrons. The monoisotopic (exact) mass is 325 g/mol. The summed E-state index contributed by atoms with van der Waals surface area (Å²) in [5.74, 6) is 0. The van der Waals surface area contributed by atoms with E-state index in [-0.39, 0.29) is 0 Å². The van der Waals surface area contributed by atoms with Crippen molar-refractivity contribution in [2.45, 2.75) is 57.3 Å². The van der Waals surface area contributed by atoms with E-state index in [0.717, 1.165) is 19.1 Å². The first-order chi connectivity index (χ1) is 11.9. The Morgan fingerprint density at radius 1 is 1.00 bits per heavy atom. The molecule has 2 saturated heterocycles. The van der Waals surface area contributed by atoms with Crippen LogP contribution in [0, 0.1) is 0 Å². The minimum atomic E-state index is 0.661. The topological polar surface area (TPSA) is 46.0 Å². The Hall–Kier alpha value is -1.72. The summed E-state index contributed by atoms with van der Waals surface area (Å²) < 4.78 is 1.85. The number of aromatic nitrogens is 3. The van der Waals surface area contributed by atoms with Crippen LogP contribution in [0.15, 0.2) is 36.9 Å². The molecule has 0 amide bonds. The highest BCUT2D eigenvalue weighted by atomic mass is 15.3. The van der Waals surface area contributed by atoms with Crippen molar-refractivity contribution >= 4 is 0 Å². The highest BCUT2D eigenvalue weighted by Crippen LogP contribution is 2.26. The molecule has 3 heterocycles. The lowest BCUT2D eigenvalue weighted by molar-refractivity contribution is 0.0769. The number of nitrogens with zero attached hydrogens (tertiary/aromatic N) is 4. The Bertz CT molecular complexity index is 620. The summed E-state index contributed by atoms with van der Waals surface area (Å²) in [6.07, 6.45) is 10.2. The van der Waals surface area contributed by atoms with Crippen molar-refractivity contribution in [2.75, 3.05) is 13.1 Å². The van der Waals surface area contributed by atoms with Crippen LogP contribution in [0.25, 0.3) is 0 Å². The van der Waals surface area contributed by atoms with Crippen LogP contribution in [0.4, 0.5) is 0 Å². The van der Waals surface area contributed by atoms with Crippen molar-refractivity contribution in [2.24, 2.45) is 0 Å². The standard InChI is InChI=1S/C19H27N5/c1-2-10-23-11-3-4-18(19(23)5-1)21-12-16-6-8-17(9-7-16)13-24-15-20-14-22-24/h6-9,14-15,18-19,21H,1-5,10-13H2. The molecule has 24 heavy (non-hydrogen) atoms. The Morgan fingerprint density at radius 3 is 2.67 bits per heavy atom. The van der Waals surface area contributed by atoms with E-state index in [1.54, 1.807) is 12.7 Å². The predicted molar refractivity (Wildman–Crippen MR) is 94.6 cm³/mol. The number of fused-ring (bicyclic) bond motifs is 1. The molecule has 0 spiro atoms. The number of hydrogen-bond donors (Lipinski definition) is 1. The molecule has 2 aromatic rings. The molecule has 2 atom stereocenters. The van der Waals surface area contributed by atoms with Crippen molar-refractivity contribution in [1.82, 2.24) is 25.0 Å². The van der Waals surface area contributed by atoms with Crippen LogP contribution in [0.5, 0.6) is 0 Å². The fourth-order valence-electron chi connectivity index (χ4n) is 4.21. The van der Waals surface area contributed by atoms with Crippen molar-refractivity contribution < 1.29 is 0 Å². The lowest BCUT2D eigenvalue weighted by Crippen LogP contribution is -2.55. The van der Waals surface area contributed by atoms with Gasteiger partial charge in [0.25, 0.3) is 0 Å². The van der Waals surface area contributed by atoms with Gasteiger partial charge in [-0.05, 0) is 49.9 Å². The molecule has 1 aromatic carbocycles. The first-order valence-electron chi connectivity index (χ1n) is 9.26. The van der Waals surface area contributed by atoms with E-state index in [1.165, 1.54) is 56.3 Å². The van der Waals surface area contributed by atoms with Gasteiger partial charge in [0.1, 0.15) is 12.7 Å². The normalized spacial score (nSPS) is 24.7. The minimum Gasteiger partial charge on any atom is -0.308 e. The molecule has 0 bridgehead atoms. The SMILES string of the molecule is c1ncn(Cc2ccc(CNC3CCCN4CCCCC34)cc2)n1. The van der Waals surface area contributed by atoms with Crippen LogP contribution in [0.2, 0.25) is 0 Å². The zero-order chi connectivity index (χ0) is 16.2. The predicted octanol–water partition coefficient (Wildman–Crippen LogP) is 2.43. The Morgan fingerprint density at radius 2 is 1.83 bits per heavy atom. The maximum atomic E-state index is 4.16. The molecule has 4 rings (SSSR count). The molecule has 2 aliphatic rings. The van der Waals surface area contributed by atoms with Gasteiger partial charge in [0.05, 0.1) is 6.54 Å². The van der Waals surface area contributed by atoms with Crippen molar-refractivity contribution in [1.29, 1.82) is 0 Å². The molecule has 1 aromatic heterocycles. The lowest BCUT2D eigenvalue weighted by Gasteiger charge is -2.44. The molecule has 2 aliphatic heterocycles. The zero-order valence-electron chi connectivity index (χ0n) is 14.3. The van der Waals surface area contributed by atoms with Gasteiger partial charge in [0, 0.05) is 18.6 Å². The van der Waals surface area contributed by atoms with Crippen molar-refractivity contribution in [3.8, 4) is 0 Å². The molecular weight excluding hydrogens is 298 g/mol. The largest absolute Gasteiger partial charge is 0.308 e. The summed E-state index contributed by atoms with van der Waals surface area (Å²) in [7, 11) is 0. The molecule has 5 heteroatoms. The van der Waals surface area contributed by atoms with Gasteiger partial charge in [-0.3, -0.25) is 4.90 Å². The quantitative estimate of drug-likeness (QED) is 0.917. The van der Waals surface area contributed by atoms with Crippen LogP contribution in [-0.4, -0.2) is 44.8 Å². The molecule has 5 nitrogen and oxygen atoms in total. The van der Waals surface area contributed by atoms with Crippen LogP contribution < -0.4 is 5.32 Å². The van der Waals surface area contributed by atoms with Crippen LogP contribution in [0.1, 0.15) is 43.2 Å². The average Bonchev–Trinajstić information content (AvgIpc) is 3.14. The summed E-state index contributed by atoms with van der Waals surface area (Å²) in [6.45, 7) is 4.37. The van der Waals surface area contributed by atoms with Crippen molar-refractivity contribution in [3.63, 3.8) is 0 Å². The fourth-order valence-corrected chi connectivity index (χ4v) is 4.21. The highest BCUT2D eigenvalue weighted by Gasteiger charge is 2.32. The molecule has 1 N–H and O–H groups in total. The lowest BCUT2D eigenvalue weighted by atomic mass is 9.88. The molecule has 0 aliphatic carbocycles. The average molecular weight is 325 g/mol. The van der Waals surface area contributed by atoms with Gasteiger partial charge < -0.3 is 5.32 Å². The third-order valence-corrected chi connectivity index (χ3v) is 5.49. The minimum absolute atomic E-state index is 0.661. The number of piperidine rings is 2. The molecule has 2 fully saturated rings. The fraction of sp³-hybridized carbons (Fsp3) is 0.579. The summed E-state index contributed by atoms with van der Waals surface area (Å²) in [5.41, 5.74) is 2.63. The smallest absolute Gasteiger partial charge is 0.137 e. The van der Waals surface area contributed by atoms with Crippen LogP contribution in [-0.2, 0) is 13.1 Å². The van der Waals surface area contributed by atoms with E-state index >= 15 is 0 Å². The molecule has 128 valence electrons. The third-order valence-electron chi connectivity index (χ3n) is 5.49. The van der Waals surface area contributed by atoms with E-state index in [4.69, 9.17) is 0 Å². The summed E-state index contributed by atoms with van der Waals surface area (Å²) >= 11 is 0. The van der Waals surface area contributed by atoms with Gasteiger partial charge in [0.15, 0.2) is 0 Å². The number of rotatable bonds is 5. The van der Waals surface area contributed by atoms with Gasteiger partial charge in [-0.2, -0.15) is 5.10 Å². The van der Waals surface area contributed by atoms with Gasteiger partial charge in [-0.1, -0.05) is 30.7 Å². The molecule has 0 saturated carbocycles. The van der Waals surface area contributed by atoms with Crippen LogP contribution in [0.3, 0.4) is 0 Å². The number of hydrogen-bond acceptors (Lipinski definition) is 4. The van der Waals surface area contributed by atoms with E-state index < -0.39 is 0 Å². The summed E-state index contributed by atoms with van der Waals surface area (Å²) in [6, 6.07) is 10.3. The first kappa shape index (κ1) is 15.8. The number of nitrogens with one attached hydrogen (secondary N) is 1. The second-order valence-corrected chi connectivity index (χ2v) is 7.14. The highest BCUT2D eigenvalue weighted by molar-refractivity contribution is 5.22. The van der Waals surface area contributed by atoms with Gasteiger partial charge in [0.2, 0.25) is 0 Å². The molecule has 2 unspecified atom stereocenters. The second kappa shape index (κ2) is 7.45. The second-order valence-electron chi connectivity index (χ2n) is 7.14.